The van der Waals surface area contributed by atoms with Crippen molar-refractivity contribution in [3.05, 3.63) is 114 Å². The van der Waals surface area contributed by atoms with E-state index in [0.717, 1.165) is 0 Å². The molecule has 44 heavy (non-hydrogen) atoms. The number of rotatable bonds is 12. The Kier molecular flexibility index (Phi) is 10.8. The van der Waals surface area contributed by atoms with Crippen LogP contribution in [0.15, 0.2) is 91.0 Å². The van der Waals surface area contributed by atoms with Crippen LogP contribution in [0.5, 0.6) is 0 Å². The normalized spacial score (nSPS) is 12.8. The summed E-state index contributed by atoms with van der Waals surface area (Å²) in [6.45, 7) is 3.44. The lowest BCUT2D eigenvalue weighted by Crippen LogP contribution is -2.26. The third-order valence-electron chi connectivity index (χ3n) is 7.16. The number of carbonyl (C=O) groups excluding carboxylic acids is 2. The minimum absolute atomic E-state index is 0.0869. The molecular formula is C35H36F2N2O5. The Bertz CT molecular complexity index is 1590. The Morgan fingerprint density at radius 2 is 1.50 bits per heavy atom. The molecule has 4 aromatic rings. The van der Waals surface area contributed by atoms with Gasteiger partial charge >= 0.3 is 5.97 Å². The summed E-state index contributed by atoms with van der Waals surface area (Å²) in [5, 5.41) is 21.2. The molecule has 0 aliphatic heterocycles. The van der Waals surface area contributed by atoms with Crippen molar-refractivity contribution >= 4 is 18.0 Å². The minimum Gasteiger partial charge on any atom is -0.469 e. The molecule has 1 amide bonds. The fourth-order valence-electron chi connectivity index (χ4n) is 5.16. The average molecular weight is 603 g/mol. The van der Waals surface area contributed by atoms with Crippen LogP contribution in [0.3, 0.4) is 0 Å². The molecule has 0 radical (unpaired) electrons. The van der Waals surface area contributed by atoms with Crippen molar-refractivity contribution in [2.24, 2.45) is 0 Å². The second-order valence-electron chi connectivity index (χ2n) is 10.7. The number of nitrogens with zero attached hydrogens (tertiary/aromatic N) is 2. The number of aliphatic hydroxyl groups excluding tert-OH is 2. The third kappa shape index (κ3) is 7.67. The first-order chi connectivity index (χ1) is 21.1. The summed E-state index contributed by atoms with van der Waals surface area (Å²) >= 11 is 0. The van der Waals surface area contributed by atoms with Crippen LogP contribution in [0.4, 0.5) is 8.87 Å². The molecule has 2 N–H and O–H groups in total. The van der Waals surface area contributed by atoms with Crippen LogP contribution in [0.25, 0.3) is 28.3 Å². The molecule has 0 bridgehead atoms. The van der Waals surface area contributed by atoms with E-state index >= 15 is 4.48 Å². The van der Waals surface area contributed by atoms with Crippen molar-refractivity contribution in [3.8, 4) is 22.3 Å². The van der Waals surface area contributed by atoms with Gasteiger partial charge in [0.15, 0.2) is 0 Å². The number of hydrogen-bond donors (Lipinski definition) is 2. The van der Waals surface area contributed by atoms with Gasteiger partial charge in [-0.05, 0) is 48.7 Å². The number of ether oxygens (including phenoxy) is 1. The summed E-state index contributed by atoms with van der Waals surface area (Å²) in [6.07, 6.45) is 0.313. The number of aliphatic hydroxyl groups is 2. The van der Waals surface area contributed by atoms with E-state index in [9.17, 15) is 24.2 Å². The van der Waals surface area contributed by atoms with Crippen LogP contribution in [-0.4, -0.2) is 51.1 Å². The number of amides is 1. The lowest BCUT2D eigenvalue weighted by Gasteiger charge is -2.19. The molecule has 0 aliphatic carbocycles. The molecule has 3 aromatic carbocycles. The van der Waals surface area contributed by atoms with Crippen molar-refractivity contribution in [2.75, 3.05) is 7.11 Å². The van der Waals surface area contributed by atoms with E-state index in [0.29, 0.717) is 33.5 Å². The largest absolute Gasteiger partial charge is 0.469 e. The molecule has 1 heterocycles. The van der Waals surface area contributed by atoms with Crippen LogP contribution in [0.1, 0.15) is 54.5 Å². The summed E-state index contributed by atoms with van der Waals surface area (Å²) in [7, 11) is 1.21. The van der Waals surface area contributed by atoms with E-state index in [4.69, 9.17) is 0 Å². The van der Waals surface area contributed by atoms with E-state index in [2.05, 4.69) is 4.74 Å². The monoisotopic (exact) mass is 602 g/mol. The fraction of sp³-hybridized carbons (Fsp3) is 0.257. The fourth-order valence-corrected chi connectivity index (χ4v) is 5.16. The van der Waals surface area contributed by atoms with Crippen molar-refractivity contribution in [2.45, 2.75) is 51.5 Å². The van der Waals surface area contributed by atoms with Gasteiger partial charge in [0, 0.05) is 29.3 Å². The van der Waals surface area contributed by atoms with E-state index in [1.807, 2.05) is 50.2 Å². The van der Waals surface area contributed by atoms with Crippen LogP contribution < -0.4 is 0 Å². The Hall–Kier alpha value is -4.60. The summed E-state index contributed by atoms with van der Waals surface area (Å²) < 4.78 is 36.1. The van der Waals surface area contributed by atoms with Crippen LogP contribution >= 0.6 is 0 Å². The molecule has 230 valence electrons. The topological polar surface area (TPSA) is 92.0 Å². The number of benzene rings is 3. The maximum atomic E-state index is 15.8. The second-order valence-corrected chi connectivity index (χ2v) is 10.7. The number of aromatic nitrogens is 1. The van der Waals surface area contributed by atoms with Crippen LogP contribution in [-0.2, 0) is 16.1 Å². The summed E-state index contributed by atoms with van der Waals surface area (Å²) in [5.41, 5.74) is 3.39. The number of halogens is 2. The number of carbonyl (C=O) groups is 2. The maximum Gasteiger partial charge on any atom is 0.308 e. The SMILES string of the molecule is COC(=O)CC(O)CC(O)C=Cc1c(-c2ccc(F)cc2)c(-c2ccccc2)c(C(=O)N(F)Cc2ccccc2)n1C(C)C. The highest BCUT2D eigenvalue weighted by Crippen LogP contribution is 2.43. The van der Waals surface area contributed by atoms with Gasteiger partial charge < -0.3 is 19.5 Å². The van der Waals surface area contributed by atoms with Gasteiger partial charge in [-0.3, -0.25) is 9.59 Å². The van der Waals surface area contributed by atoms with Gasteiger partial charge in [0.05, 0.1) is 32.3 Å². The Balaban J connectivity index is 1.92. The minimum atomic E-state index is -1.17. The van der Waals surface area contributed by atoms with Crippen molar-refractivity contribution in [1.29, 1.82) is 0 Å². The molecule has 4 rings (SSSR count). The maximum absolute atomic E-state index is 15.8. The van der Waals surface area contributed by atoms with Gasteiger partial charge in [-0.2, -0.15) is 5.12 Å². The first-order valence-corrected chi connectivity index (χ1v) is 14.3. The summed E-state index contributed by atoms with van der Waals surface area (Å²) in [6, 6.07) is 23.3. The molecule has 2 unspecified atom stereocenters. The van der Waals surface area contributed by atoms with Gasteiger partial charge in [-0.1, -0.05) is 83.4 Å². The molecule has 0 saturated heterocycles. The molecule has 0 spiro atoms. The average Bonchev–Trinajstić information content (AvgIpc) is 3.36. The zero-order valence-electron chi connectivity index (χ0n) is 24.9. The van der Waals surface area contributed by atoms with Gasteiger partial charge in [0.25, 0.3) is 5.91 Å². The molecule has 2 atom stereocenters. The molecule has 0 saturated carbocycles. The first kappa shape index (κ1) is 32.3. The molecule has 1 aromatic heterocycles. The third-order valence-corrected chi connectivity index (χ3v) is 7.16. The number of hydrogen-bond acceptors (Lipinski definition) is 5. The molecule has 9 heteroatoms. The summed E-state index contributed by atoms with van der Waals surface area (Å²) in [5.74, 6) is -1.92. The van der Waals surface area contributed by atoms with E-state index in [-0.39, 0.29) is 36.2 Å². The summed E-state index contributed by atoms with van der Waals surface area (Å²) in [4.78, 5) is 25.6. The van der Waals surface area contributed by atoms with Gasteiger partial charge in [0.1, 0.15) is 11.5 Å². The Labute approximate surface area is 255 Å². The highest BCUT2D eigenvalue weighted by Gasteiger charge is 2.32. The Morgan fingerprint density at radius 3 is 2.09 bits per heavy atom. The van der Waals surface area contributed by atoms with Gasteiger partial charge in [0.2, 0.25) is 0 Å². The highest BCUT2D eigenvalue weighted by molar-refractivity contribution is 6.06. The first-order valence-electron chi connectivity index (χ1n) is 14.3. The van der Waals surface area contributed by atoms with Crippen molar-refractivity contribution < 1.29 is 33.4 Å². The molecule has 0 fully saturated rings. The van der Waals surface area contributed by atoms with E-state index < -0.39 is 29.9 Å². The van der Waals surface area contributed by atoms with E-state index in [1.54, 1.807) is 47.0 Å². The van der Waals surface area contributed by atoms with Crippen LogP contribution in [0, 0.1) is 5.82 Å². The smallest absolute Gasteiger partial charge is 0.308 e. The number of methoxy groups -OCH3 is 1. The zero-order chi connectivity index (χ0) is 31.8. The van der Waals surface area contributed by atoms with Crippen molar-refractivity contribution in [3.63, 3.8) is 0 Å². The number of esters is 1. The Morgan fingerprint density at radius 1 is 0.909 bits per heavy atom. The van der Waals surface area contributed by atoms with Gasteiger partial charge in [-0.25, -0.2) is 4.39 Å². The predicted octanol–water partition coefficient (Wildman–Crippen LogP) is 6.76. The standard InChI is InChI=1S/C35H36F2N2O5/c1-23(2)39-30(19-18-28(40)20-29(41)21-31(42)44-3)32(26-14-16-27(36)17-15-26)33(25-12-8-5-9-13-25)34(39)35(43)38(37)22-24-10-6-4-7-11-24/h4-19,23,28-29,40-41H,20-22H2,1-3H3. The quantitative estimate of drug-likeness (QED) is 0.138. The highest BCUT2D eigenvalue weighted by atomic mass is 19.2. The second kappa shape index (κ2) is 14.7. The molecule has 0 aliphatic rings. The molecule has 7 nitrogen and oxygen atoms in total. The predicted molar refractivity (Wildman–Crippen MR) is 165 cm³/mol. The zero-order valence-corrected chi connectivity index (χ0v) is 24.9. The van der Waals surface area contributed by atoms with E-state index in [1.165, 1.54) is 25.3 Å². The lowest BCUT2D eigenvalue weighted by molar-refractivity contribution is -0.143. The van der Waals surface area contributed by atoms with Crippen LogP contribution in [0.2, 0.25) is 0 Å². The van der Waals surface area contributed by atoms with Crippen molar-refractivity contribution in [1.82, 2.24) is 9.69 Å². The lowest BCUT2D eigenvalue weighted by atomic mass is 9.94. The molecular weight excluding hydrogens is 566 g/mol. The van der Waals surface area contributed by atoms with Gasteiger partial charge in [-0.15, -0.1) is 0 Å².